The molecule has 0 spiro atoms. The zero-order chi connectivity index (χ0) is 12.5. The highest BCUT2D eigenvalue weighted by Gasteiger charge is 2.10. The summed E-state index contributed by atoms with van der Waals surface area (Å²) in [6, 6.07) is 0.187. The van der Waals surface area contributed by atoms with E-state index in [9.17, 15) is 4.79 Å². The maximum atomic E-state index is 11.0. The molecule has 17 heavy (non-hydrogen) atoms. The van der Waals surface area contributed by atoms with Gasteiger partial charge in [-0.15, -0.1) is 0 Å². The number of morpholine rings is 1. The van der Waals surface area contributed by atoms with Crippen molar-refractivity contribution in [1.82, 2.24) is 10.2 Å². The lowest BCUT2D eigenvalue weighted by molar-refractivity contribution is -0.141. The summed E-state index contributed by atoms with van der Waals surface area (Å²) in [5.74, 6) is -0.154. The van der Waals surface area contributed by atoms with Gasteiger partial charge in [0.1, 0.15) is 0 Å². The smallest absolute Gasteiger partial charge is 0.307 e. The van der Waals surface area contributed by atoms with Gasteiger partial charge in [-0.3, -0.25) is 9.69 Å². The van der Waals surface area contributed by atoms with Crippen molar-refractivity contribution >= 4 is 5.97 Å². The van der Waals surface area contributed by atoms with Crippen LogP contribution in [-0.2, 0) is 14.3 Å². The van der Waals surface area contributed by atoms with E-state index in [4.69, 9.17) is 4.74 Å². The van der Waals surface area contributed by atoms with Crippen LogP contribution in [0.3, 0.4) is 0 Å². The number of rotatable bonds is 7. The lowest BCUT2D eigenvalue weighted by Gasteiger charge is -2.26. The van der Waals surface area contributed by atoms with E-state index in [0.717, 1.165) is 45.8 Å². The Hall–Kier alpha value is -0.650. The van der Waals surface area contributed by atoms with Gasteiger partial charge in [-0.1, -0.05) is 0 Å². The predicted molar refractivity (Wildman–Crippen MR) is 66.0 cm³/mol. The van der Waals surface area contributed by atoms with Crippen molar-refractivity contribution in [3.63, 3.8) is 0 Å². The predicted octanol–water partition coefficient (Wildman–Crippen LogP) is 0.250. The maximum Gasteiger partial charge on any atom is 0.307 e. The second kappa shape index (κ2) is 8.44. The second-order valence-corrected chi connectivity index (χ2v) is 4.44. The zero-order valence-electron chi connectivity index (χ0n) is 10.9. The van der Waals surface area contributed by atoms with Gasteiger partial charge in [0.05, 0.1) is 26.7 Å². The standard InChI is InChI=1S/C12H24N2O3/c1-11(10-12(15)16-2)13-4-3-5-14-6-8-17-9-7-14/h11,13H,3-10H2,1-2H3/t11-/m0/s1. The summed E-state index contributed by atoms with van der Waals surface area (Å²) in [6.07, 6.45) is 1.54. The minimum Gasteiger partial charge on any atom is -0.469 e. The Morgan fingerprint density at radius 1 is 1.47 bits per heavy atom. The molecule has 1 heterocycles. The van der Waals surface area contributed by atoms with E-state index in [1.165, 1.54) is 7.11 Å². The molecule has 0 aromatic heterocycles. The van der Waals surface area contributed by atoms with Crippen molar-refractivity contribution in [2.45, 2.75) is 25.8 Å². The molecule has 0 bridgehead atoms. The van der Waals surface area contributed by atoms with Gasteiger partial charge in [0.2, 0.25) is 0 Å². The number of carbonyl (C=O) groups excluding carboxylic acids is 1. The van der Waals surface area contributed by atoms with E-state index in [-0.39, 0.29) is 12.0 Å². The molecule has 5 nitrogen and oxygen atoms in total. The molecule has 1 aliphatic rings. The average molecular weight is 244 g/mol. The van der Waals surface area contributed by atoms with Gasteiger partial charge >= 0.3 is 5.97 Å². The van der Waals surface area contributed by atoms with Crippen LogP contribution in [0.5, 0.6) is 0 Å². The van der Waals surface area contributed by atoms with Gasteiger partial charge in [0.25, 0.3) is 0 Å². The summed E-state index contributed by atoms with van der Waals surface area (Å²) in [5.41, 5.74) is 0. The Morgan fingerprint density at radius 3 is 2.82 bits per heavy atom. The summed E-state index contributed by atoms with van der Waals surface area (Å²) >= 11 is 0. The number of hydrogen-bond acceptors (Lipinski definition) is 5. The first-order valence-electron chi connectivity index (χ1n) is 6.32. The molecule has 0 aliphatic carbocycles. The van der Waals surface area contributed by atoms with Crippen molar-refractivity contribution in [3.8, 4) is 0 Å². The molecule has 1 N–H and O–H groups in total. The number of carbonyl (C=O) groups is 1. The van der Waals surface area contributed by atoms with Gasteiger partial charge in [0.15, 0.2) is 0 Å². The van der Waals surface area contributed by atoms with Crippen LogP contribution in [0.25, 0.3) is 0 Å². The van der Waals surface area contributed by atoms with Crippen molar-refractivity contribution in [1.29, 1.82) is 0 Å². The summed E-state index contributed by atoms with van der Waals surface area (Å²) in [5, 5.41) is 3.33. The van der Waals surface area contributed by atoms with Gasteiger partial charge in [-0.2, -0.15) is 0 Å². The Bertz CT molecular complexity index is 218. The monoisotopic (exact) mass is 244 g/mol. The van der Waals surface area contributed by atoms with Gasteiger partial charge in [0, 0.05) is 19.1 Å². The van der Waals surface area contributed by atoms with Gasteiger partial charge < -0.3 is 14.8 Å². The van der Waals surface area contributed by atoms with Crippen molar-refractivity contribution in [3.05, 3.63) is 0 Å². The van der Waals surface area contributed by atoms with E-state index in [1.54, 1.807) is 0 Å². The molecule has 0 unspecified atom stereocenters. The molecule has 0 aromatic carbocycles. The molecule has 1 aliphatic heterocycles. The first-order valence-corrected chi connectivity index (χ1v) is 6.32. The minimum absolute atomic E-state index is 0.154. The first kappa shape index (κ1) is 14.4. The molecule has 0 amide bonds. The fourth-order valence-electron chi connectivity index (χ4n) is 1.88. The first-order chi connectivity index (χ1) is 8.22. The fourth-order valence-corrected chi connectivity index (χ4v) is 1.88. The van der Waals surface area contributed by atoms with Crippen molar-refractivity contribution in [2.75, 3.05) is 46.5 Å². The molecule has 0 radical (unpaired) electrons. The number of hydrogen-bond donors (Lipinski definition) is 1. The Morgan fingerprint density at radius 2 is 2.18 bits per heavy atom. The van der Waals surface area contributed by atoms with Crippen LogP contribution in [0.15, 0.2) is 0 Å². The van der Waals surface area contributed by atoms with Crippen LogP contribution in [0.2, 0.25) is 0 Å². The maximum absolute atomic E-state index is 11.0. The second-order valence-electron chi connectivity index (χ2n) is 4.44. The summed E-state index contributed by atoms with van der Waals surface area (Å²) in [6.45, 7) is 7.83. The van der Waals surface area contributed by atoms with E-state index in [1.807, 2.05) is 6.92 Å². The van der Waals surface area contributed by atoms with Crippen LogP contribution in [0, 0.1) is 0 Å². The molecule has 1 rings (SSSR count). The molecule has 0 aromatic rings. The quantitative estimate of drug-likeness (QED) is 0.514. The van der Waals surface area contributed by atoms with Crippen molar-refractivity contribution < 1.29 is 14.3 Å². The third kappa shape index (κ3) is 6.61. The fraction of sp³-hybridized carbons (Fsp3) is 0.917. The molecule has 5 heteroatoms. The number of nitrogens with zero attached hydrogens (tertiary/aromatic N) is 1. The molecule has 1 saturated heterocycles. The summed E-state index contributed by atoms with van der Waals surface area (Å²) < 4.78 is 9.91. The minimum atomic E-state index is -0.154. The Labute approximate surface area is 103 Å². The third-order valence-electron chi connectivity index (χ3n) is 2.95. The highest BCUT2D eigenvalue weighted by Crippen LogP contribution is 1.98. The molecular formula is C12H24N2O3. The van der Waals surface area contributed by atoms with E-state index in [0.29, 0.717) is 6.42 Å². The number of esters is 1. The number of ether oxygens (including phenoxy) is 2. The number of methoxy groups -OCH3 is 1. The van der Waals surface area contributed by atoms with Crippen molar-refractivity contribution in [2.24, 2.45) is 0 Å². The zero-order valence-corrected chi connectivity index (χ0v) is 10.9. The topological polar surface area (TPSA) is 50.8 Å². The number of nitrogens with one attached hydrogen (secondary N) is 1. The molecule has 1 atom stereocenters. The van der Waals surface area contributed by atoms with Gasteiger partial charge in [-0.25, -0.2) is 0 Å². The molecule has 100 valence electrons. The lowest BCUT2D eigenvalue weighted by Crippen LogP contribution is -2.38. The lowest BCUT2D eigenvalue weighted by atomic mass is 10.2. The van der Waals surface area contributed by atoms with E-state index in [2.05, 4.69) is 15.0 Å². The Kier molecular flexibility index (Phi) is 7.16. The normalized spacial score (nSPS) is 18.9. The summed E-state index contributed by atoms with van der Waals surface area (Å²) in [7, 11) is 1.42. The van der Waals surface area contributed by atoms with Crippen LogP contribution < -0.4 is 5.32 Å². The molecule has 0 saturated carbocycles. The SMILES string of the molecule is COC(=O)C[C@H](C)NCCCN1CCOCC1. The van der Waals surface area contributed by atoms with E-state index < -0.39 is 0 Å². The van der Waals surface area contributed by atoms with Gasteiger partial charge in [-0.05, 0) is 26.4 Å². The molecular weight excluding hydrogens is 220 g/mol. The van der Waals surface area contributed by atoms with Crippen LogP contribution in [0.1, 0.15) is 19.8 Å². The Balaban J connectivity index is 1.97. The summed E-state index contributed by atoms with van der Waals surface area (Å²) in [4.78, 5) is 13.4. The molecule has 1 fully saturated rings. The van der Waals surface area contributed by atoms with Crippen LogP contribution in [-0.4, -0.2) is 63.4 Å². The van der Waals surface area contributed by atoms with Crippen LogP contribution >= 0.6 is 0 Å². The van der Waals surface area contributed by atoms with E-state index >= 15 is 0 Å². The largest absolute Gasteiger partial charge is 0.469 e. The third-order valence-corrected chi connectivity index (χ3v) is 2.95. The highest BCUT2D eigenvalue weighted by atomic mass is 16.5. The average Bonchev–Trinajstić information content (AvgIpc) is 2.36. The van der Waals surface area contributed by atoms with Crippen LogP contribution in [0.4, 0.5) is 0 Å². The highest BCUT2D eigenvalue weighted by molar-refractivity contribution is 5.69.